The number of rotatable bonds is 7. The predicted molar refractivity (Wildman–Crippen MR) is 101 cm³/mol. The number of hydrogen-bond acceptors (Lipinski definition) is 8. The highest BCUT2D eigenvalue weighted by Crippen LogP contribution is 2.43. The number of allylic oxidation sites excluding steroid dienone is 3. The lowest BCUT2D eigenvalue weighted by atomic mass is 9.84. The quantitative estimate of drug-likeness (QED) is 0.411. The fraction of sp³-hybridized carbons (Fsp3) is 0.368. The van der Waals surface area contributed by atoms with Crippen molar-refractivity contribution in [2.24, 2.45) is 0 Å². The van der Waals surface area contributed by atoms with Crippen molar-refractivity contribution in [3.8, 4) is 0 Å². The molecule has 10 heteroatoms. The molecule has 29 heavy (non-hydrogen) atoms. The lowest BCUT2D eigenvalue weighted by Gasteiger charge is -2.37. The van der Waals surface area contributed by atoms with Crippen LogP contribution < -0.4 is 0 Å². The molecule has 1 aromatic carbocycles. The van der Waals surface area contributed by atoms with Crippen LogP contribution in [0.15, 0.2) is 47.0 Å². The van der Waals surface area contributed by atoms with Crippen LogP contribution >= 0.6 is 0 Å². The summed E-state index contributed by atoms with van der Waals surface area (Å²) in [6, 6.07) is 5.59. The number of ether oxygens (including phenoxy) is 3. The van der Waals surface area contributed by atoms with Gasteiger partial charge >= 0.3 is 12.1 Å². The average molecular weight is 406 g/mol. The van der Waals surface area contributed by atoms with Gasteiger partial charge in [0.25, 0.3) is 5.69 Å². The Kier molecular flexibility index (Phi) is 6.94. The van der Waals surface area contributed by atoms with E-state index in [0.29, 0.717) is 23.6 Å². The summed E-state index contributed by atoms with van der Waals surface area (Å²) in [4.78, 5) is 36.2. The molecule has 1 unspecified atom stereocenters. The van der Waals surface area contributed by atoms with Gasteiger partial charge in [0.2, 0.25) is 0 Å². The molecule has 1 heterocycles. The van der Waals surface area contributed by atoms with E-state index in [4.69, 9.17) is 14.2 Å². The maximum atomic E-state index is 12.6. The predicted octanol–water partition coefficient (Wildman–Crippen LogP) is 3.36. The minimum absolute atomic E-state index is 0.0521. The van der Waals surface area contributed by atoms with Crippen molar-refractivity contribution < 1.29 is 33.8 Å². The molecule has 1 aliphatic rings. The fourth-order valence-electron chi connectivity index (χ4n) is 3.19. The van der Waals surface area contributed by atoms with E-state index in [-0.39, 0.29) is 23.8 Å². The maximum absolute atomic E-state index is 12.6. The molecule has 0 fully saturated rings. The third kappa shape index (κ3) is 4.54. The summed E-state index contributed by atoms with van der Waals surface area (Å²) in [6.45, 7) is 5.54. The zero-order valence-electron chi connectivity index (χ0n) is 16.5. The van der Waals surface area contributed by atoms with Crippen molar-refractivity contribution in [3.05, 3.63) is 62.7 Å². The van der Waals surface area contributed by atoms with Gasteiger partial charge in [-0.05, 0) is 26.3 Å². The Morgan fingerprint density at radius 2 is 1.97 bits per heavy atom. The van der Waals surface area contributed by atoms with Gasteiger partial charge in [0.05, 0.1) is 29.2 Å². The zero-order valence-corrected chi connectivity index (χ0v) is 16.5. The molecule has 0 bridgehead atoms. The Morgan fingerprint density at radius 1 is 1.28 bits per heavy atom. The number of nitrogens with zero attached hydrogens (tertiary/aromatic N) is 2. The van der Waals surface area contributed by atoms with Crippen LogP contribution in [-0.4, -0.2) is 47.5 Å². The number of hydrogen-bond donors (Lipinski definition) is 1. The highest BCUT2D eigenvalue weighted by molar-refractivity contribution is 5.92. The average Bonchev–Trinajstić information content (AvgIpc) is 2.69. The first-order valence-electron chi connectivity index (χ1n) is 8.73. The topological polar surface area (TPSA) is 128 Å². The third-order valence-corrected chi connectivity index (χ3v) is 4.55. The van der Waals surface area contributed by atoms with Crippen LogP contribution in [0.3, 0.4) is 0 Å². The largest absolute Gasteiger partial charge is 0.511 e. The van der Waals surface area contributed by atoms with Crippen molar-refractivity contribution >= 4 is 17.8 Å². The van der Waals surface area contributed by atoms with Gasteiger partial charge in [-0.25, -0.2) is 9.59 Å². The van der Waals surface area contributed by atoms with Gasteiger partial charge in [0, 0.05) is 24.4 Å². The molecule has 1 atom stereocenters. The van der Waals surface area contributed by atoms with E-state index in [2.05, 4.69) is 0 Å². The minimum Gasteiger partial charge on any atom is -0.466 e. The van der Waals surface area contributed by atoms with Crippen LogP contribution in [-0.2, 0) is 19.0 Å². The lowest BCUT2D eigenvalue weighted by molar-refractivity contribution is -0.384. The molecular formula is C19H22N2O8. The van der Waals surface area contributed by atoms with Crippen molar-refractivity contribution in [2.45, 2.75) is 26.7 Å². The van der Waals surface area contributed by atoms with Crippen molar-refractivity contribution in [3.63, 3.8) is 0 Å². The molecule has 0 radical (unpaired) electrons. The summed E-state index contributed by atoms with van der Waals surface area (Å²) >= 11 is 0. The van der Waals surface area contributed by atoms with Gasteiger partial charge in [0.1, 0.15) is 12.5 Å². The molecule has 1 aromatic rings. The van der Waals surface area contributed by atoms with E-state index in [0.717, 1.165) is 0 Å². The summed E-state index contributed by atoms with van der Waals surface area (Å²) < 4.78 is 15.4. The van der Waals surface area contributed by atoms with Gasteiger partial charge < -0.3 is 24.2 Å². The SMILES string of the molecule is CCOCN1C(C)=C(OC(=O)O)C(c2cccc([N+](=O)[O-])c2)C(C(=O)OC)=C1C. The normalized spacial score (nSPS) is 16.7. The third-order valence-electron chi connectivity index (χ3n) is 4.55. The molecule has 156 valence electrons. The summed E-state index contributed by atoms with van der Waals surface area (Å²) in [5.41, 5.74) is 1.10. The standard InChI is InChI=1S/C19H22N2O8/c1-5-28-10-20-11(2)15(18(22)27-4)16(17(12(20)3)29-19(23)24)13-7-6-8-14(9-13)21(25)26/h6-9,16H,5,10H2,1-4H3,(H,23,24). The number of carboxylic acid groups (broad SMARTS) is 1. The van der Waals surface area contributed by atoms with E-state index < -0.39 is 23.0 Å². The minimum atomic E-state index is -1.57. The number of nitro benzene ring substituents is 1. The Hall–Kier alpha value is -3.40. The van der Waals surface area contributed by atoms with Crippen LogP contribution in [0, 0.1) is 10.1 Å². The van der Waals surface area contributed by atoms with Gasteiger partial charge in [-0.2, -0.15) is 0 Å². The summed E-state index contributed by atoms with van der Waals surface area (Å²) in [5, 5.41) is 20.5. The molecule has 1 aliphatic heterocycles. The highest BCUT2D eigenvalue weighted by Gasteiger charge is 2.39. The second kappa shape index (κ2) is 9.20. The van der Waals surface area contributed by atoms with Crippen LogP contribution in [0.2, 0.25) is 0 Å². The zero-order chi connectivity index (χ0) is 21.7. The first kappa shape index (κ1) is 21.9. The van der Waals surface area contributed by atoms with Crippen molar-refractivity contribution in [1.29, 1.82) is 0 Å². The van der Waals surface area contributed by atoms with Gasteiger partial charge in [-0.1, -0.05) is 12.1 Å². The van der Waals surface area contributed by atoms with Gasteiger partial charge in [-0.3, -0.25) is 10.1 Å². The van der Waals surface area contributed by atoms with Crippen molar-refractivity contribution in [1.82, 2.24) is 4.90 Å². The highest BCUT2D eigenvalue weighted by atomic mass is 16.7. The van der Waals surface area contributed by atoms with Crippen LogP contribution in [0.5, 0.6) is 0 Å². The second-order valence-corrected chi connectivity index (χ2v) is 6.14. The first-order valence-corrected chi connectivity index (χ1v) is 8.73. The number of carbonyl (C=O) groups excluding carboxylic acids is 1. The smallest absolute Gasteiger partial charge is 0.466 e. The summed E-state index contributed by atoms with van der Waals surface area (Å²) in [7, 11) is 1.20. The molecule has 0 saturated heterocycles. The number of benzene rings is 1. The van der Waals surface area contributed by atoms with Crippen LogP contribution in [0.25, 0.3) is 0 Å². The molecule has 1 N–H and O–H groups in total. The second-order valence-electron chi connectivity index (χ2n) is 6.14. The molecule has 0 amide bonds. The number of carbonyl (C=O) groups is 2. The Balaban J connectivity index is 2.74. The van der Waals surface area contributed by atoms with E-state index in [1.165, 1.54) is 25.3 Å². The van der Waals surface area contributed by atoms with Crippen molar-refractivity contribution in [2.75, 3.05) is 20.4 Å². The van der Waals surface area contributed by atoms with E-state index in [9.17, 15) is 24.8 Å². The number of non-ortho nitro benzene ring substituents is 1. The molecule has 10 nitrogen and oxygen atoms in total. The van der Waals surface area contributed by atoms with Gasteiger partial charge in [0.15, 0.2) is 0 Å². The first-order chi connectivity index (χ1) is 13.7. The van der Waals surface area contributed by atoms with Crippen LogP contribution in [0.1, 0.15) is 32.3 Å². The van der Waals surface area contributed by atoms with E-state index in [1.54, 1.807) is 31.7 Å². The molecule has 0 aliphatic carbocycles. The lowest BCUT2D eigenvalue weighted by Crippen LogP contribution is -2.35. The number of nitro groups is 1. The van der Waals surface area contributed by atoms with Crippen LogP contribution in [0.4, 0.5) is 10.5 Å². The summed E-state index contributed by atoms with van der Waals surface area (Å²) in [5.74, 6) is -1.76. The van der Waals surface area contributed by atoms with E-state index >= 15 is 0 Å². The number of methoxy groups -OCH3 is 1. The molecule has 0 saturated carbocycles. The summed E-state index contributed by atoms with van der Waals surface area (Å²) in [6.07, 6.45) is -1.57. The Morgan fingerprint density at radius 3 is 2.52 bits per heavy atom. The van der Waals surface area contributed by atoms with Gasteiger partial charge in [-0.15, -0.1) is 0 Å². The maximum Gasteiger partial charge on any atom is 0.511 e. The number of esters is 1. The molecular weight excluding hydrogens is 384 g/mol. The molecule has 0 aromatic heterocycles. The molecule has 2 rings (SSSR count). The Bertz CT molecular complexity index is 890. The van der Waals surface area contributed by atoms with E-state index in [1.807, 2.05) is 0 Å². The monoisotopic (exact) mass is 406 g/mol. The molecule has 0 spiro atoms. The Labute approximate surface area is 167 Å². The fourth-order valence-corrected chi connectivity index (χ4v) is 3.19.